The number of nitrogens with zero attached hydrogens (tertiary/aromatic N) is 2. The average Bonchev–Trinajstić information content (AvgIpc) is 2.88. The van der Waals surface area contributed by atoms with Crippen molar-refractivity contribution in [3.05, 3.63) is 47.3 Å². The van der Waals surface area contributed by atoms with Crippen LogP contribution in [0.5, 0.6) is 5.75 Å². The molecule has 0 atom stereocenters. The smallest absolute Gasteiger partial charge is 0.420 e. The molecule has 0 bridgehead atoms. The monoisotopic (exact) mass is 268 g/mol. The van der Waals surface area contributed by atoms with Crippen LogP contribution in [0, 0.1) is 11.3 Å². The lowest BCUT2D eigenvalue weighted by Gasteiger charge is -2.13. The summed E-state index contributed by atoms with van der Waals surface area (Å²) in [5, 5.41) is 12.0. The van der Waals surface area contributed by atoms with Gasteiger partial charge >= 0.3 is 6.18 Å². The highest BCUT2D eigenvalue weighted by Crippen LogP contribution is 2.37. The summed E-state index contributed by atoms with van der Waals surface area (Å²) in [7, 11) is 0. The minimum Gasteiger partial charge on any atom is -0.488 e. The summed E-state index contributed by atoms with van der Waals surface area (Å²) in [5.74, 6) is -0.340. The number of hydrogen-bond donors (Lipinski definition) is 0. The van der Waals surface area contributed by atoms with Gasteiger partial charge in [0.1, 0.15) is 18.6 Å². The maximum Gasteiger partial charge on any atom is 0.420 e. The molecule has 1 aromatic heterocycles. The molecular formula is C12H7F3N2O2. The third-order valence-corrected chi connectivity index (χ3v) is 2.29. The molecule has 98 valence electrons. The normalized spacial score (nSPS) is 11.1. The van der Waals surface area contributed by atoms with Gasteiger partial charge in [-0.1, -0.05) is 5.16 Å². The van der Waals surface area contributed by atoms with Crippen LogP contribution in [-0.4, -0.2) is 5.16 Å². The van der Waals surface area contributed by atoms with Gasteiger partial charge in [-0.25, -0.2) is 0 Å². The predicted molar refractivity (Wildman–Crippen MR) is 57.0 cm³/mol. The molecule has 0 N–H and O–H groups in total. The first-order chi connectivity index (χ1) is 9.00. The topological polar surface area (TPSA) is 59.0 Å². The van der Waals surface area contributed by atoms with Crippen LogP contribution in [0.2, 0.25) is 0 Å². The molecule has 0 aliphatic rings. The van der Waals surface area contributed by atoms with Crippen molar-refractivity contribution in [3.63, 3.8) is 0 Å². The van der Waals surface area contributed by atoms with Crippen LogP contribution in [0.1, 0.15) is 16.7 Å². The number of ether oxygens (including phenoxy) is 1. The summed E-state index contributed by atoms with van der Waals surface area (Å²) >= 11 is 0. The molecular weight excluding hydrogens is 261 g/mol. The summed E-state index contributed by atoms with van der Waals surface area (Å²) in [5.41, 5.74) is -0.551. The van der Waals surface area contributed by atoms with Crippen LogP contribution in [0.25, 0.3) is 0 Å². The zero-order chi connectivity index (χ0) is 13.9. The highest BCUT2D eigenvalue weighted by Gasteiger charge is 2.34. The Morgan fingerprint density at radius 2 is 2.16 bits per heavy atom. The number of alkyl halides is 3. The largest absolute Gasteiger partial charge is 0.488 e. The van der Waals surface area contributed by atoms with E-state index in [2.05, 4.69) is 9.68 Å². The molecule has 0 amide bonds. The zero-order valence-electron chi connectivity index (χ0n) is 9.44. The standard InChI is InChI=1S/C12H7F3N2O2/c13-12(14,15)10-3-8(4-16)1-2-11(10)18-6-9-5-17-19-7-9/h1-3,5,7H,6H2. The minimum atomic E-state index is -4.59. The van der Waals surface area contributed by atoms with Crippen LogP contribution < -0.4 is 4.74 Å². The highest BCUT2D eigenvalue weighted by atomic mass is 19.4. The van der Waals surface area contributed by atoms with Crippen molar-refractivity contribution in [2.45, 2.75) is 12.8 Å². The fourth-order valence-electron chi connectivity index (χ4n) is 1.41. The van der Waals surface area contributed by atoms with E-state index in [4.69, 9.17) is 10.00 Å². The number of rotatable bonds is 3. The van der Waals surface area contributed by atoms with Gasteiger partial charge < -0.3 is 9.26 Å². The van der Waals surface area contributed by atoms with Gasteiger partial charge in [-0.05, 0) is 18.2 Å². The van der Waals surface area contributed by atoms with E-state index in [1.807, 2.05) is 0 Å². The minimum absolute atomic E-state index is 0.0790. The Hall–Kier alpha value is -2.49. The fraction of sp³-hybridized carbons (Fsp3) is 0.167. The Morgan fingerprint density at radius 1 is 1.37 bits per heavy atom. The van der Waals surface area contributed by atoms with Crippen molar-refractivity contribution in [2.24, 2.45) is 0 Å². The van der Waals surface area contributed by atoms with E-state index in [1.165, 1.54) is 18.5 Å². The van der Waals surface area contributed by atoms with Crippen molar-refractivity contribution in [2.75, 3.05) is 0 Å². The Morgan fingerprint density at radius 3 is 2.74 bits per heavy atom. The number of nitriles is 1. The molecule has 1 aromatic carbocycles. The lowest BCUT2D eigenvalue weighted by atomic mass is 10.1. The second-order valence-corrected chi connectivity index (χ2v) is 3.64. The summed E-state index contributed by atoms with van der Waals surface area (Å²) in [6.45, 7) is -0.0987. The van der Waals surface area contributed by atoms with Gasteiger partial charge in [0.25, 0.3) is 0 Å². The van der Waals surface area contributed by atoms with Gasteiger partial charge in [-0.15, -0.1) is 0 Å². The molecule has 2 rings (SSSR count). The van der Waals surface area contributed by atoms with E-state index in [0.29, 0.717) is 5.56 Å². The molecule has 0 spiro atoms. The second-order valence-electron chi connectivity index (χ2n) is 3.64. The van der Waals surface area contributed by atoms with Crippen molar-refractivity contribution in [1.29, 1.82) is 5.26 Å². The molecule has 0 fully saturated rings. The molecule has 0 unspecified atom stereocenters. The van der Waals surface area contributed by atoms with E-state index >= 15 is 0 Å². The van der Waals surface area contributed by atoms with Crippen LogP contribution in [-0.2, 0) is 12.8 Å². The van der Waals surface area contributed by atoms with Gasteiger partial charge in [-0.2, -0.15) is 18.4 Å². The second kappa shape index (κ2) is 5.02. The Kier molecular flexibility index (Phi) is 3.42. The third-order valence-electron chi connectivity index (χ3n) is 2.29. The summed E-state index contributed by atoms with van der Waals surface area (Å²) < 4.78 is 48.1. The summed E-state index contributed by atoms with van der Waals surface area (Å²) in [4.78, 5) is 0. The molecule has 7 heteroatoms. The molecule has 0 aliphatic carbocycles. The maximum absolute atomic E-state index is 12.8. The van der Waals surface area contributed by atoms with Crippen LogP contribution in [0.4, 0.5) is 13.2 Å². The van der Waals surface area contributed by atoms with Gasteiger partial charge in [0.2, 0.25) is 0 Å². The number of benzene rings is 1. The Balaban J connectivity index is 2.27. The molecule has 0 aliphatic heterocycles. The summed E-state index contributed by atoms with van der Waals surface area (Å²) in [6.07, 6.45) is -1.97. The van der Waals surface area contributed by atoms with Crippen LogP contribution >= 0.6 is 0 Å². The first-order valence-electron chi connectivity index (χ1n) is 5.13. The lowest BCUT2D eigenvalue weighted by Crippen LogP contribution is -2.09. The third kappa shape index (κ3) is 3.04. The van der Waals surface area contributed by atoms with Crippen LogP contribution in [0.3, 0.4) is 0 Å². The summed E-state index contributed by atoms with van der Waals surface area (Å²) in [6, 6.07) is 4.79. The molecule has 1 heterocycles. The van der Waals surface area contributed by atoms with E-state index in [-0.39, 0.29) is 17.9 Å². The highest BCUT2D eigenvalue weighted by molar-refractivity contribution is 5.43. The van der Waals surface area contributed by atoms with Gasteiger partial charge in [0, 0.05) is 5.56 Å². The molecule has 0 saturated carbocycles. The molecule has 2 aromatic rings. The number of halogens is 3. The lowest BCUT2D eigenvalue weighted by molar-refractivity contribution is -0.139. The van der Waals surface area contributed by atoms with Crippen molar-refractivity contribution < 1.29 is 22.4 Å². The molecule has 4 nitrogen and oxygen atoms in total. The van der Waals surface area contributed by atoms with Gasteiger partial charge in [0.05, 0.1) is 23.4 Å². The predicted octanol–water partition coefficient (Wildman–Crippen LogP) is 3.14. The zero-order valence-corrected chi connectivity index (χ0v) is 9.44. The average molecular weight is 268 g/mol. The van der Waals surface area contributed by atoms with Gasteiger partial charge in [0.15, 0.2) is 0 Å². The Labute approximate surface area is 106 Å². The van der Waals surface area contributed by atoms with Crippen molar-refractivity contribution in [3.8, 4) is 11.8 Å². The molecule has 0 radical (unpaired) electrons. The fourth-order valence-corrected chi connectivity index (χ4v) is 1.41. The SMILES string of the molecule is N#Cc1ccc(OCc2cnoc2)c(C(F)(F)F)c1. The first kappa shape index (κ1) is 13.0. The van der Waals surface area contributed by atoms with E-state index in [0.717, 1.165) is 12.1 Å². The quantitative estimate of drug-likeness (QED) is 0.858. The Bertz CT molecular complexity index is 600. The van der Waals surface area contributed by atoms with E-state index in [9.17, 15) is 13.2 Å². The van der Waals surface area contributed by atoms with E-state index in [1.54, 1.807) is 6.07 Å². The maximum atomic E-state index is 12.8. The molecule has 0 saturated heterocycles. The molecule has 19 heavy (non-hydrogen) atoms. The number of aromatic nitrogens is 1. The van der Waals surface area contributed by atoms with Gasteiger partial charge in [-0.3, -0.25) is 0 Å². The number of hydrogen-bond acceptors (Lipinski definition) is 4. The van der Waals surface area contributed by atoms with Crippen molar-refractivity contribution >= 4 is 0 Å². The van der Waals surface area contributed by atoms with E-state index < -0.39 is 11.7 Å². The van der Waals surface area contributed by atoms with Crippen molar-refractivity contribution in [1.82, 2.24) is 5.16 Å². The first-order valence-corrected chi connectivity index (χ1v) is 5.13. The van der Waals surface area contributed by atoms with Crippen LogP contribution in [0.15, 0.2) is 35.2 Å².